The maximum absolute atomic E-state index is 11.5. The summed E-state index contributed by atoms with van der Waals surface area (Å²) in [7, 11) is 0. The number of hydrogen-bond acceptors (Lipinski definition) is 3. The van der Waals surface area contributed by atoms with Gasteiger partial charge >= 0.3 is 0 Å². The number of rotatable bonds is 5. The van der Waals surface area contributed by atoms with Crippen LogP contribution >= 0.6 is 0 Å². The van der Waals surface area contributed by atoms with Crippen LogP contribution in [-0.4, -0.2) is 29.4 Å². The van der Waals surface area contributed by atoms with Crippen molar-refractivity contribution >= 4 is 11.7 Å². The van der Waals surface area contributed by atoms with Crippen molar-refractivity contribution in [2.24, 2.45) is 0 Å². The predicted molar refractivity (Wildman–Crippen MR) is 58.6 cm³/mol. The van der Waals surface area contributed by atoms with Crippen molar-refractivity contribution in [2.45, 2.75) is 59.3 Å². The van der Waals surface area contributed by atoms with Crippen LogP contribution in [0.15, 0.2) is 0 Å². The summed E-state index contributed by atoms with van der Waals surface area (Å²) in [6.07, 6.45) is -0.619. The summed E-state index contributed by atoms with van der Waals surface area (Å²) >= 11 is 0. The molecule has 0 aliphatic carbocycles. The topological polar surface area (TPSA) is 55.4 Å². The SMILES string of the molecule is CC(=O)C(C)(C)OC(C)C(=O)NC(C)C. The fourth-order valence-electron chi connectivity index (χ4n) is 0.980. The van der Waals surface area contributed by atoms with Gasteiger partial charge in [-0.2, -0.15) is 0 Å². The Morgan fingerprint density at radius 1 is 1.20 bits per heavy atom. The molecule has 0 aromatic heterocycles. The molecule has 0 heterocycles. The van der Waals surface area contributed by atoms with E-state index in [1.165, 1.54) is 6.92 Å². The molecule has 0 spiro atoms. The van der Waals surface area contributed by atoms with E-state index in [2.05, 4.69) is 5.32 Å². The van der Waals surface area contributed by atoms with Crippen molar-refractivity contribution in [1.82, 2.24) is 5.32 Å². The van der Waals surface area contributed by atoms with Crippen LogP contribution in [0, 0.1) is 0 Å². The van der Waals surface area contributed by atoms with Crippen molar-refractivity contribution < 1.29 is 14.3 Å². The first-order valence-electron chi connectivity index (χ1n) is 5.16. The lowest BCUT2D eigenvalue weighted by Gasteiger charge is -2.26. The average Bonchev–Trinajstić information content (AvgIpc) is 2.01. The summed E-state index contributed by atoms with van der Waals surface area (Å²) < 4.78 is 5.40. The summed E-state index contributed by atoms with van der Waals surface area (Å²) in [6.45, 7) is 10.2. The minimum atomic E-state index is -0.909. The highest BCUT2D eigenvalue weighted by atomic mass is 16.5. The Labute approximate surface area is 91.4 Å². The maximum atomic E-state index is 11.5. The van der Waals surface area contributed by atoms with E-state index in [1.54, 1.807) is 20.8 Å². The molecular formula is C11H21NO3. The monoisotopic (exact) mass is 215 g/mol. The van der Waals surface area contributed by atoms with E-state index in [1.807, 2.05) is 13.8 Å². The summed E-state index contributed by atoms with van der Waals surface area (Å²) in [5.74, 6) is -0.286. The Balaban J connectivity index is 4.30. The highest BCUT2D eigenvalue weighted by molar-refractivity contribution is 5.85. The first kappa shape index (κ1) is 14.1. The van der Waals surface area contributed by atoms with Gasteiger partial charge in [-0.1, -0.05) is 0 Å². The normalized spacial score (nSPS) is 13.8. The second-order valence-electron chi connectivity index (χ2n) is 4.49. The van der Waals surface area contributed by atoms with Gasteiger partial charge in [-0.05, 0) is 41.5 Å². The highest BCUT2D eigenvalue weighted by Crippen LogP contribution is 2.13. The fraction of sp³-hybridized carbons (Fsp3) is 0.818. The van der Waals surface area contributed by atoms with E-state index in [4.69, 9.17) is 4.74 Å². The molecule has 4 heteroatoms. The van der Waals surface area contributed by atoms with E-state index in [0.717, 1.165) is 0 Å². The zero-order valence-electron chi connectivity index (χ0n) is 10.4. The van der Waals surface area contributed by atoms with Crippen molar-refractivity contribution in [2.75, 3.05) is 0 Å². The number of ketones is 1. The molecule has 0 rings (SSSR count). The van der Waals surface area contributed by atoms with Gasteiger partial charge in [-0.15, -0.1) is 0 Å². The van der Waals surface area contributed by atoms with Crippen LogP contribution in [0.4, 0.5) is 0 Å². The molecule has 0 aliphatic rings. The van der Waals surface area contributed by atoms with Crippen molar-refractivity contribution in [3.8, 4) is 0 Å². The van der Waals surface area contributed by atoms with Crippen molar-refractivity contribution in [3.05, 3.63) is 0 Å². The van der Waals surface area contributed by atoms with Crippen molar-refractivity contribution in [3.63, 3.8) is 0 Å². The Morgan fingerprint density at radius 3 is 2.00 bits per heavy atom. The summed E-state index contributed by atoms with van der Waals surface area (Å²) in [4.78, 5) is 22.7. The molecule has 0 aromatic rings. The Bertz CT molecular complexity index is 246. The molecule has 1 N–H and O–H groups in total. The lowest BCUT2D eigenvalue weighted by Crippen LogP contribution is -2.44. The summed E-state index contributed by atoms with van der Waals surface area (Å²) in [5.41, 5.74) is -0.909. The zero-order valence-corrected chi connectivity index (χ0v) is 10.4. The van der Waals surface area contributed by atoms with E-state index in [0.29, 0.717) is 0 Å². The average molecular weight is 215 g/mol. The molecule has 1 atom stereocenters. The van der Waals surface area contributed by atoms with Gasteiger partial charge in [0.15, 0.2) is 5.78 Å². The minimum Gasteiger partial charge on any atom is -0.355 e. The Morgan fingerprint density at radius 2 is 1.67 bits per heavy atom. The van der Waals surface area contributed by atoms with E-state index < -0.39 is 11.7 Å². The Kier molecular flexibility index (Phi) is 4.94. The van der Waals surface area contributed by atoms with Crippen LogP contribution in [0.25, 0.3) is 0 Å². The van der Waals surface area contributed by atoms with Crippen LogP contribution in [-0.2, 0) is 14.3 Å². The minimum absolute atomic E-state index is 0.0731. The van der Waals surface area contributed by atoms with Crippen LogP contribution in [0.1, 0.15) is 41.5 Å². The first-order chi connectivity index (χ1) is 6.66. The van der Waals surface area contributed by atoms with E-state index in [9.17, 15) is 9.59 Å². The summed E-state index contributed by atoms with van der Waals surface area (Å²) in [5, 5.41) is 2.73. The van der Waals surface area contributed by atoms with Gasteiger partial charge in [0.05, 0.1) is 0 Å². The molecule has 1 unspecified atom stereocenters. The smallest absolute Gasteiger partial charge is 0.249 e. The lowest BCUT2D eigenvalue weighted by atomic mass is 10.0. The van der Waals surface area contributed by atoms with E-state index in [-0.39, 0.29) is 17.7 Å². The third-order valence-corrected chi connectivity index (χ3v) is 2.12. The molecule has 0 aliphatic heterocycles. The fourth-order valence-corrected chi connectivity index (χ4v) is 0.980. The van der Waals surface area contributed by atoms with Crippen LogP contribution in [0.2, 0.25) is 0 Å². The molecule has 0 saturated heterocycles. The maximum Gasteiger partial charge on any atom is 0.249 e. The van der Waals surface area contributed by atoms with Crippen LogP contribution in [0.3, 0.4) is 0 Å². The largest absolute Gasteiger partial charge is 0.355 e. The highest BCUT2D eigenvalue weighted by Gasteiger charge is 2.29. The number of ether oxygens (including phenoxy) is 1. The number of carbonyl (C=O) groups is 2. The van der Waals surface area contributed by atoms with E-state index >= 15 is 0 Å². The standard InChI is InChI=1S/C11H21NO3/c1-7(2)12-10(14)8(3)15-11(5,6)9(4)13/h7-8H,1-6H3,(H,12,14). The second-order valence-corrected chi connectivity index (χ2v) is 4.49. The molecule has 15 heavy (non-hydrogen) atoms. The molecule has 0 aromatic carbocycles. The molecule has 0 radical (unpaired) electrons. The molecular weight excluding hydrogens is 194 g/mol. The number of nitrogens with one attached hydrogen (secondary N) is 1. The third-order valence-electron chi connectivity index (χ3n) is 2.12. The molecule has 0 saturated carbocycles. The zero-order chi connectivity index (χ0) is 12.2. The Hall–Kier alpha value is -0.900. The van der Waals surface area contributed by atoms with Crippen molar-refractivity contribution in [1.29, 1.82) is 0 Å². The van der Waals surface area contributed by atoms with Gasteiger partial charge in [-0.3, -0.25) is 9.59 Å². The molecule has 0 fully saturated rings. The quantitative estimate of drug-likeness (QED) is 0.751. The van der Waals surface area contributed by atoms with Gasteiger partial charge in [0, 0.05) is 6.04 Å². The van der Waals surface area contributed by atoms with Gasteiger partial charge in [-0.25, -0.2) is 0 Å². The number of Topliss-reactive ketones (excluding diaryl/α,β-unsaturated/α-hetero) is 1. The van der Waals surface area contributed by atoms with Gasteiger partial charge in [0.1, 0.15) is 11.7 Å². The van der Waals surface area contributed by atoms with Gasteiger partial charge < -0.3 is 10.1 Å². The van der Waals surface area contributed by atoms with Crippen LogP contribution < -0.4 is 5.32 Å². The second kappa shape index (κ2) is 5.26. The molecule has 88 valence electrons. The van der Waals surface area contributed by atoms with Gasteiger partial charge in [0.25, 0.3) is 0 Å². The van der Waals surface area contributed by atoms with Gasteiger partial charge in [0.2, 0.25) is 5.91 Å². The number of amides is 1. The number of carbonyl (C=O) groups excluding carboxylic acids is 2. The first-order valence-corrected chi connectivity index (χ1v) is 5.16. The molecule has 1 amide bonds. The molecule has 0 bridgehead atoms. The lowest BCUT2D eigenvalue weighted by molar-refractivity contribution is -0.153. The van der Waals surface area contributed by atoms with Crippen LogP contribution in [0.5, 0.6) is 0 Å². The predicted octanol–water partition coefficient (Wildman–Crippen LogP) is 1.28. The third kappa shape index (κ3) is 4.93. The number of hydrogen-bond donors (Lipinski definition) is 1. The summed E-state index contributed by atoms with van der Waals surface area (Å²) in [6, 6.07) is 0.0731. The molecule has 4 nitrogen and oxygen atoms in total.